The van der Waals surface area contributed by atoms with Gasteiger partial charge in [0, 0.05) is 49.5 Å². The van der Waals surface area contributed by atoms with Crippen molar-refractivity contribution in [2.24, 2.45) is 34.5 Å². The molecule has 0 aromatic heterocycles. The first-order chi connectivity index (χ1) is 15.9. The Morgan fingerprint density at radius 1 is 1.11 bits per heavy atom. The zero-order valence-corrected chi connectivity index (χ0v) is 27.3. The molecular weight excluding hydrogens is 655 g/mol. The van der Waals surface area contributed by atoms with E-state index >= 15 is 0 Å². The van der Waals surface area contributed by atoms with Gasteiger partial charge >= 0.3 is 0 Å². The molecule has 4 aliphatic carbocycles. The monoisotopic (exact) mass is 703 g/mol. The average molecular weight is 704 g/mol. The molecule has 9 atom stereocenters. The van der Waals surface area contributed by atoms with Gasteiger partial charge in [-0.15, -0.1) is 0 Å². The molecule has 0 bridgehead atoms. The zero-order chi connectivity index (χ0) is 24.9. The minimum atomic E-state index is -0.787. The fraction of sp³-hybridized carbons (Fsp3) is 0.862. The van der Waals surface area contributed by atoms with Gasteiger partial charge in [0.1, 0.15) is 6.10 Å². The third kappa shape index (κ3) is 5.57. The second-order valence-electron chi connectivity index (χ2n) is 12.9. The molecule has 0 aliphatic heterocycles. The third-order valence-electron chi connectivity index (χ3n) is 10.3. The summed E-state index contributed by atoms with van der Waals surface area (Å²) >= 11 is 0. The molecule has 4 aliphatic rings. The molecule has 5 nitrogen and oxygen atoms in total. The van der Waals surface area contributed by atoms with Crippen LogP contribution in [0.15, 0.2) is 23.3 Å². The number of aliphatic hydroxyl groups is 4. The minimum absolute atomic E-state index is 0. The SMILES string of the molecule is CC(CCCC(C)(C)O)C1CCC2C3=CC=C4CC(O)C(OCCO)C(O)C4(C)C3CCC21C.[Ac]. The Balaban J connectivity index is 0.00000342. The Kier molecular flexibility index (Phi) is 9.90. The van der Waals surface area contributed by atoms with Gasteiger partial charge in [0.05, 0.1) is 31.0 Å². The van der Waals surface area contributed by atoms with Crippen molar-refractivity contribution < 1.29 is 69.2 Å². The van der Waals surface area contributed by atoms with Crippen molar-refractivity contribution in [3.8, 4) is 0 Å². The van der Waals surface area contributed by atoms with E-state index in [0.717, 1.165) is 24.8 Å². The smallest absolute Gasteiger partial charge is 0.110 e. The predicted molar refractivity (Wildman–Crippen MR) is 134 cm³/mol. The van der Waals surface area contributed by atoms with E-state index in [1.165, 1.54) is 31.3 Å². The van der Waals surface area contributed by atoms with Crippen LogP contribution in [0.5, 0.6) is 0 Å². The summed E-state index contributed by atoms with van der Waals surface area (Å²) in [6.07, 6.45) is 10.6. The molecule has 3 fully saturated rings. The number of allylic oxidation sites excluding steroid dienone is 3. The summed E-state index contributed by atoms with van der Waals surface area (Å²) in [5, 5.41) is 41.5. The second-order valence-corrected chi connectivity index (χ2v) is 12.9. The van der Waals surface area contributed by atoms with Gasteiger partial charge in [-0.05, 0) is 81.5 Å². The van der Waals surface area contributed by atoms with E-state index in [2.05, 4.69) is 32.9 Å². The molecule has 9 unspecified atom stereocenters. The largest absolute Gasteiger partial charge is 0.394 e. The summed E-state index contributed by atoms with van der Waals surface area (Å²) in [5.41, 5.74) is 1.91. The summed E-state index contributed by atoms with van der Waals surface area (Å²) in [6, 6.07) is 0. The molecule has 197 valence electrons. The first kappa shape index (κ1) is 30.3. The molecule has 0 spiro atoms. The maximum Gasteiger partial charge on any atom is 0.110 e. The maximum absolute atomic E-state index is 11.5. The van der Waals surface area contributed by atoms with Gasteiger partial charge in [-0.25, -0.2) is 0 Å². The third-order valence-corrected chi connectivity index (χ3v) is 10.3. The summed E-state index contributed by atoms with van der Waals surface area (Å²) < 4.78 is 5.75. The van der Waals surface area contributed by atoms with Crippen LogP contribution < -0.4 is 0 Å². The molecule has 4 rings (SSSR count). The van der Waals surface area contributed by atoms with E-state index in [-0.39, 0.29) is 68.6 Å². The van der Waals surface area contributed by atoms with Gasteiger partial charge in [0.25, 0.3) is 0 Å². The van der Waals surface area contributed by atoms with Crippen molar-refractivity contribution in [3.05, 3.63) is 23.3 Å². The zero-order valence-electron chi connectivity index (χ0n) is 22.5. The number of rotatable bonds is 8. The molecule has 35 heavy (non-hydrogen) atoms. The average Bonchev–Trinajstić information content (AvgIpc) is 3.11. The topological polar surface area (TPSA) is 90.2 Å². The number of fused-ring (bicyclic) bond motifs is 5. The number of hydrogen-bond donors (Lipinski definition) is 4. The fourth-order valence-electron chi connectivity index (χ4n) is 8.48. The van der Waals surface area contributed by atoms with Crippen LogP contribution in [0.2, 0.25) is 0 Å². The molecule has 6 heteroatoms. The Hall–Kier alpha value is 0.722. The first-order valence-electron chi connectivity index (χ1n) is 13.7. The molecule has 1 radical (unpaired) electrons. The van der Waals surface area contributed by atoms with E-state index in [9.17, 15) is 20.4 Å². The quantitative estimate of drug-likeness (QED) is 0.302. The van der Waals surface area contributed by atoms with Crippen molar-refractivity contribution in [1.82, 2.24) is 0 Å². The van der Waals surface area contributed by atoms with Crippen LogP contribution in [-0.4, -0.2) is 57.6 Å². The van der Waals surface area contributed by atoms with E-state index in [4.69, 9.17) is 4.74 Å². The number of ether oxygens (including phenoxy) is 1. The van der Waals surface area contributed by atoms with E-state index < -0.39 is 29.3 Å². The van der Waals surface area contributed by atoms with Gasteiger partial charge in [-0.1, -0.05) is 56.9 Å². The van der Waals surface area contributed by atoms with Crippen molar-refractivity contribution in [2.45, 2.75) is 110 Å². The minimum Gasteiger partial charge on any atom is -0.394 e. The van der Waals surface area contributed by atoms with Crippen LogP contribution >= 0.6 is 0 Å². The summed E-state index contributed by atoms with van der Waals surface area (Å²) in [6.45, 7) is 10.9. The standard InChI is InChI=1S/C29H48O5.Ac/c1-18(7-6-13-27(2,3)33)21-10-11-22-20-9-8-19-17-24(31)25(34-16-15-30)26(32)29(19,5)23(20)12-14-28(21,22)4;/h8-9,18,21-26,30-33H,6-7,10-17H2,1-5H3;. The van der Waals surface area contributed by atoms with Crippen molar-refractivity contribution >= 4 is 0 Å². The van der Waals surface area contributed by atoms with Crippen LogP contribution in [0, 0.1) is 78.6 Å². The molecule has 0 aromatic carbocycles. The predicted octanol–water partition coefficient (Wildman–Crippen LogP) is 4.38. The van der Waals surface area contributed by atoms with Crippen LogP contribution in [-0.2, 0) is 4.74 Å². The van der Waals surface area contributed by atoms with Crippen LogP contribution in [0.4, 0.5) is 0 Å². The molecule has 0 aromatic rings. The van der Waals surface area contributed by atoms with Gasteiger partial charge < -0.3 is 25.2 Å². The summed E-state index contributed by atoms with van der Waals surface area (Å²) in [7, 11) is 0. The maximum atomic E-state index is 11.5. The van der Waals surface area contributed by atoms with Gasteiger partial charge in [0.2, 0.25) is 0 Å². The Morgan fingerprint density at radius 2 is 1.83 bits per heavy atom. The molecule has 3 saturated carbocycles. The molecule has 0 amide bonds. The van der Waals surface area contributed by atoms with Crippen LogP contribution in [0.1, 0.15) is 86.0 Å². The van der Waals surface area contributed by atoms with Crippen LogP contribution in [0.25, 0.3) is 0 Å². The Morgan fingerprint density at radius 3 is 2.49 bits per heavy atom. The van der Waals surface area contributed by atoms with Gasteiger partial charge in [0.15, 0.2) is 0 Å². The van der Waals surface area contributed by atoms with E-state index in [0.29, 0.717) is 24.2 Å². The first-order valence-corrected chi connectivity index (χ1v) is 13.7. The number of hydrogen-bond acceptors (Lipinski definition) is 5. The molecular formula is C29H48AcO5. The van der Waals surface area contributed by atoms with Crippen LogP contribution in [0.3, 0.4) is 0 Å². The second kappa shape index (κ2) is 11.5. The fourth-order valence-corrected chi connectivity index (χ4v) is 8.48. The molecule has 4 N–H and O–H groups in total. The van der Waals surface area contributed by atoms with Crippen molar-refractivity contribution in [3.63, 3.8) is 0 Å². The van der Waals surface area contributed by atoms with Crippen molar-refractivity contribution in [1.29, 1.82) is 0 Å². The number of aliphatic hydroxyl groups excluding tert-OH is 3. The Bertz CT molecular complexity index is 803. The van der Waals surface area contributed by atoms with E-state index in [1.54, 1.807) is 0 Å². The molecule has 0 saturated heterocycles. The van der Waals surface area contributed by atoms with Gasteiger partial charge in [-0.2, -0.15) is 0 Å². The van der Waals surface area contributed by atoms with E-state index in [1.807, 2.05) is 13.8 Å². The summed E-state index contributed by atoms with van der Waals surface area (Å²) in [5.74, 6) is 2.15. The summed E-state index contributed by atoms with van der Waals surface area (Å²) in [4.78, 5) is 0. The Labute approximate surface area is 248 Å². The molecule has 0 heterocycles. The van der Waals surface area contributed by atoms with Crippen molar-refractivity contribution in [2.75, 3.05) is 13.2 Å². The van der Waals surface area contributed by atoms with Gasteiger partial charge in [-0.3, -0.25) is 0 Å². The normalized spacial score (nSPS) is 41.6.